The predicted octanol–water partition coefficient (Wildman–Crippen LogP) is 1.99. The van der Waals surface area contributed by atoms with Crippen molar-refractivity contribution in [2.75, 3.05) is 13.2 Å². The third-order valence-corrected chi connectivity index (χ3v) is 4.60. The van der Waals surface area contributed by atoms with Gasteiger partial charge in [0.05, 0.1) is 24.7 Å². The van der Waals surface area contributed by atoms with Crippen LogP contribution in [0.4, 0.5) is 4.39 Å². The van der Waals surface area contributed by atoms with Gasteiger partial charge >= 0.3 is 11.9 Å². The second-order valence-corrected chi connectivity index (χ2v) is 6.54. The Balaban J connectivity index is 2.59. The monoisotopic (exact) mass is 366 g/mol. The molecule has 1 aromatic carbocycles. The van der Waals surface area contributed by atoms with Crippen molar-refractivity contribution in [3.63, 3.8) is 0 Å². The van der Waals surface area contributed by atoms with Crippen molar-refractivity contribution in [3.8, 4) is 0 Å². The number of ketones is 1. The van der Waals surface area contributed by atoms with Crippen LogP contribution in [0.15, 0.2) is 24.3 Å². The molecule has 2 rings (SSSR count). The standard InChI is InChI=1S/C19H23FO6/c1-4-25-17(22)15-13(21)10-19(3,24)16(18(23)26-5-2)14(15)11-6-8-12(20)9-7-11/h6-9,14-16,24H,4-5,10H2,1-3H3/t14-,15+,16-,19+/m1/s1. The number of benzene rings is 1. The zero-order valence-corrected chi connectivity index (χ0v) is 15.0. The van der Waals surface area contributed by atoms with Gasteiger partial charge in [0, 0.05) is 12.3 Å². The summed E-state index contributed by atoms with van der Waals surface area (Å²) in [4.78, 5) is 37.6. The van der Waals surface area contributed by atoms with E-state index in [1.165, 1.54) is 31.2 Å². The minimum Gasteiger partial charge on any atom is -0.466 e. The van der Waals surface area contributed by atoms with Gasteiger partial charge in [-0.15, -0.1) is 0 Å². The number of rotatable bonds is 5. The zero-order chi connectivity index (χ0) is 19.5. The number of carbonyl (C=O) groups excluding carboxylic acids is 3. The average Bonchev–Trinajstić information content (AvgIpc) is 2.54. The highest BCUT2D eigenvalue weighted by Crippen LogP contribution is 2.46. The second kappa shape index (κ2) is 7.95. The molecule has 26 heavy (non-hydrogen) atoms. The highest BCUT2D eigenvalue weighted by Gasteiger charge is 2.57. The number of carbonyl (C=O) groups is 3. The summed E-state index contributed by atoms with van der Waals surface area (Å²) in [6.07, 6.45) is -0.377. The van der Waals surface area contributed by atoms with E-state index in [0.717, 1.165) is 0 Å². The molecule has 1 aromatic rings. The molecular weight excluding hydrogens is 343 g/mol. The first-order chi connectivity index (χ1) is 12.2. The molecule has 1 fully saturated rings. The van der Waals surface area contributed by atoms with Gasteiger partial charge in [-0.25, -0.2) is 4.39 Å². The first-order valence-corrected chi connectivity index (χ1v) is 8.56. The summed E-state index contributed by atoms with van der Waals surface area (Å²) >= 11 is 0. The Morgan fingerprint density at radius 2 is 1.69 bits per heavy atom. The van der Waals surface area contributed by atoms with Crippen LogP contribution in [0.5, 0.6) is 0 Å². The Morgan fingerprint density at radius 1 is 1.15 bits per heavy atom. The summed E-state index contributed by atoms with van der Waals surface area (Å²) in [6, 6.07) is 5.14. The second-order valence-electron chi connectivity index (χ2n) is 6.54. The van der Waals surface area contributed by atoms with Crippen molar-refractivity contribution < 1.29 is 33.4 Å². The molecule has 6 nitrogen and oxygen atoms in total. The summed E-state index contributed by atoms with van der Waals surface area (Å²) in [7, 11) is 0. The first-order valence-electron chi connectivity index (χ1n) is 8.56. The number of hydrogen-bond acceptors (Lipinski definition) is 6. The molecule has 7 heteroatoms. The molecule has 0 heterocycles. The Labute approximate surface area is 151 Å². The van der Waals surface area contributed by atoms with Crippen LogP contribution < -0.4 is 0 Å². The molecule has 4 atom stereocenters. The summed E-state index contributed by atoms with van der Waals surface area (Å²) in [6.45, 7) is 4.75. The van der Waals surface area contributed by atoms with Crippen LogP contribution in [0.25, 0.3) is 0 Å². The molecule has 1 aliphatic rings. The van der Waals surface area contributed by atoms with Gasteiger partial charge in [0.1, 0.15) is 11.7 Å². The average molecular weight is 366 g/mol. The molecule has 1 aliphatic carbocycles. The number of esters is 2. The smallest absolute Gasteiger partial charge is 0.317 e. The maximum absolute atomic E-state index is 13.3. The largest absolute Gasteiger partial charge is 0.466 e. The lowest BCUT2D eigenvalue weighted by atomic mass is 9.62. The van der Waals surface area contributed by atoms with Crippen molar-refractivity contribution in [1.29, 1.82) is 0 Å². The number of ether oxygens (including phenoxy) is 2. The molecular formula is C19H23FO6. The maximum atomic E-state index is 13.3. The highest BCUT2D eigenvalue weighted by molar-refractivity contribution is 6.02. The number of hydrogen-bond donors (Lipinski definition) is 1. The van der Waals surface area contributed by atoms with E-state index in [0.29, 0.717) is 5.56 Å². The van der Waals surface area contributed by atoms with Crippen molar-refractivity contribution in [2.45, 2.75) is 38.7 Å². The van der Waals surface area contributed by atoms with Gasteiger partial charge in [0.2, 0.25) is 0 Å². The minimum atomic E-state index is -1.70. The Kier molecular flexibility index (Phi) is 6.13. The molecule has 1 N–H and O–H groups in total. The summed E-state index contributed by atoms with van der Waals surface area (Å²) < 4.78 is 23.4. The fraction of sp³-hybridized carbons (Fsp3) is 0.526. The van der Waals surface area contributed by atoms with Crippen molar-refractivity contribution in [2.24, 2.45) is 11.8 Å². The fourth-order valence-electron chi connectivity index (χ4n) is 3.56. The van der Waals surface area contributed by atoms with Gasteiger partial charge in [-0.05, 0) is 38.5 Å². The minimum absolute atomic E-state index is 0.0687. The normalized spacial score (nSPS) is 28.5. The Morgan fingerprint density at radius 3 is 2.23 bits per heavy atom. The third-order valence-electron chi connectivity index (χ3n) is 4.60. The first kappa shape index (κ1) is 20.0. The van der Waals surface area contributed by atoms with E-state index >= 15 is 0 Å². The lowest BCUT2D eigenvalue weighted by Gasteiger charge is -2.43. The molecule has 0 aliphatic heterocycles. The Hall–Kier alpha value is -2.28. The fourth-order valence-corrected chi connectivity index (χ4v) is 3.56. The van der Waals surface area contributed by atoms with Gasteiger partial charge < -0.3 is 14.6 Å². The summed E-state index contributed by atoms with van der Waals surface area (Å²) in [5, 5.41) is 10.8. The number of halogens is 1. The Bertz CT molecular complexity index is 682. The van der Waals surface area contributed by atoms with E-state index in [9.17, 15) is 23.9 Å². The molecule has 1 saturated carbocycles. The summed E-state index contributed by atoms with van der Waals surface area (Å²) in [5.74, 6) is -5.95. The van der Waals surface area contributed by atoms with Crippen LogP contribution in [0.2, 0.25) is 0 Å². The third kappa shape index (κ3) is 3.93. The SMILES string of the molecule is CCOC(=O)[C@H]1C(=O)C[C@](C)(O)[C@@H](C(=O)OCC)[C@@H]1c1ccc(F)cc1. The van der Waals surface area contributed by atoms with Crippen LogP contribution in [0.3, 0.4) is 0 Å². The quantitative estimate of drug-likeness (QED) is 0.633. The summed E-state index contributed by atoms with van der Waals surface area (Å²) in [5.41, 5.74) is -1.32. The van der Waals surface area contributed by atoms with E-state index in [1.54, 1.807) is 13.8 Å². The zero-order valence-electron chi connectivity index (χ0n) is 15.0. The van der Waals surface area contributed by atoms with Gasteiger partial charge in [-0.2, -0.15) is 0 Å². The van der Waals surface area contributed by atoms with E-state index in [1.807, 2.05) is 0 Å². The molecule has 0 radical (unpaired) electrons. The van der Waals surface area contributed by atoms with Crippen LogP contribution in [-0.4, -0.2) is 41.6 Å². The van der Waals surface area contributed by atoms with E-state index in [4.69, 9.17) is 9.47 Å². The van der Waals surface area contributed by atoms with Gasteiger partial charge in [-0.1, -0.05) is 12.1 Å². The van der Waals surface area contributed by atoms with E-state index in [2.05, 4.69) is 0 Å². The van der Waals surface area contributed by atoms with Crippen molar-refractivity contribution in [1.82, 2.24) is 0 Å². The van der Waals surface area contributed by atoms with Crippen molar-refractivity contribution in [3.05, 3.63) is 35.6 Å². The van der Waals surface area contributed by atoms with Crippen LogP contribution in [0.1, 0.15) is 38.7 Å². The maximum Gasteiger partial charge on any atom is 0.317 e. The lowest BCUT2D eigenvalue weighted by Crippen LogP contribution is -2.55. The topological polar surface area (TPSA) is 89.9 Å². The van der Waals surface area contributed by atoms with E-state index < -0.39 is 46.9 Å². The van der Waals surface area contributed by atoms with Crippen LogP contribution in [0, 0.1) is 17.7 Å². The van der Waals surface area contributed by atoms with Crippen LogP contribution >= 0.6 is 0 Å². The molecule has 0 aromatic heterocycles. The molecule has 0 bridgehead atoms. The number of Topliss-reactive ketones (excluding diaryl/α,β-unsaturated/α-hetero) is 1. The molecule has 0 spiro atoms. The van der Waals surface area contributed by atoms with E-state index in [-0.39, 0.29) is 19.6 Å². The highest BCUT2D eigenvalue weighted by atomic mass is 19.1. The lowest BCUT2D eigenvalue weighted by molar-refractivity contribution is -0.172. The van der Waals surface area contributed by atoms with Crippen molar-refractivity contribution >= 4 is 17.7 Å². The van der Waals surface area contributed by atoms with Gasteiger partial charge in [-0.3, -0.25) is 14.4 Å². The molecule has 0 amide bonds. The molecule has 142 valence electrons. The van der Waals surface area contributed by atoms with Crippen LogP contribution in [-0.2, 0) is 23.9 Å². The number of aliphatic hydroxyl groups is 1. The van der Waals surface area contributed by atoms with Gasteiger partial charge in [0.25, 0.3) is 0 Å². The molecule has 0 unspecified atom stereocenters. The predicted molar refractivity (Wildman–Crippen MR) is 89.6 cm³/mol. The van der Waals surface area contributed by atoms with Gasteiger partial charge in [0.15, 0.2) is 5.78 Å². The molecule has 0 saturated heterocycles.